The fraction of sp³-hybridized carbons (Fsp3) is 0.417. The van der Waals surface area contributed by atoms with Crippen LogP contribution in [0.1, 0.15) is 41.2 Å². The summed E-state index contributed by atoms with van der Waals surface area (Å²) >= 11 is 0. The average molecular weight is 266 g/mol. The number of esters is 1. The first-order valence-corrected chi connectivity index (χ1v) is 5.90. The molecule has 7 heteroatoms. The lowest BCUT2D eigenvalue weighted by Crippen LogP contribution is -2.06. The van der Waals surface area contributed by atoms with Crippen LogP contribution in [0, 0.1) is 6.92 Å². The van der Waals surface area contributed by atoms with Crippen molar-refractivity contribution in [2.24, 2.45) is 0 Å². The summed E-state index contributed by atoms with van der Waals surface area (Å²) in [6.45, 7) is 3.42. The molecule has 0 aliphatic rings. The molecule has 2 aromatic heterocycles. The van der Waals surface area contributed by atoms with Gasteiger partial charge in [-0.2, -0.15) is 0 Å². The molecule has 0 fully saturated rings. The number of carbonyl (C=O) groups is 1. The SMILES string of the molecule is CCCc1ncc(C(=O)OCc2oc(=O)oc2C)[nH]1. The van der Waals surface area contributed by atoms with Gasteiger partial charge in [0.25, 0.3) is 0 Å². The maximum Gasteiger partial charge on any atom is 0.519 e. The normalized spacial score (nSPS) is 10.6. The van der Waals surface area contributed by atoms with Crippen LogP contribution in [0.25, 0.3) is 0 Å². The second-order valence-corrected chi connectivity index (χ2v) is 4.00. The summed E-state index contributed by atoms with van der Waals surface area (Å²) < 4.78 is 14.4. The number of hydrogen-bond donors (Lipinski definition) is 1. The Labute approximate surface area is 108 Å². The average Bonchev–Trinajstić information content (AvgIpc) is 2.94. The monoisotopic (exact) mass is 266 g/mol. The highest BCUT2D eigenvalue weighted by Gasteiger charge is 2.14. The lowest BCUT2D eigenvalue weighted by molar-refractivity contribution is 0.0436. The Hall–Kier alpha value is -2.31. The Balaban J connectivity index is 1.97. The molecule has 0 saturated carbocycles. The summed E-state index contributed by atoms with van der Waals surface area (Å²) in [4.78, 5) is 29.4. The summed E-state index contributed by atoms with van der Waals surface area (Å²) in [5.41, 5.74) is 0.270. The molecule has 2 heterocycles. The van der Waals surface area contributed by atoms with E-state index < -0.39 is 11.8 Å². The molecule has 2 rings (SSSR count). The molecule has 0 amide bonds. The zero-order valence-electron chi connectivity index (χ0n) is 10.7. The number of hydrogen-bond acceptors (Lipinski definition) is 6. The smallest absolute Gasteiger partial charge is 0.453 e. The van der Waals surface area contributed by atoms with Crippen LogP contribution in [0.5, 0.6) is 0 Å². The van der Waals surface area contributed by atoms with Crippen molar-refractivity contribution in [1.82, 2.24) is 9.97 Å². The van der Waals surface area contributed by atoms with Gasteiger partial charge in [0.1, 0.15) is 11.5 Å². The van der Waals surface area contributed by atoms with Gasteiger partial charge in [-0.25, -0.2) is 14.6 Å². The van der Waals surface area contributed by atoms with E-state index in [1.807, 2.05) is 6.92 Å². The molecule has 0 unspecified atom stereocenters. The van der Waals surface area contributed by atoms with Crippen molar-refractivity contribution >= 4 is 5.97 Å². The van der Waals surface area contributed by atoms with Crippen LogP contribution in [0.15, 0.2) is 19.8 Å². The Bertz CT molecular complexity index is 622. The van der Waals surface area contributed by atoms with Crippen molar-refractivity contribution in [2.75, 3.05) is 0 Å². The zero-order chi connectivity index (χ0) is 13.8. The molecule has 0 aliphatic carbocycles. The molecule has 0 aliphatic heterocycles. The van der Waals surface area contributed by atoms with E-state index in [1.165, 1.54) is 6.20 Å². The molecule has 2 aromatic rings. The molecule has 0 radical (unpaired) electrons. The number of nitrogens with one attached hydrogen (secondary N) is 1. The Morgan fingerprint density at radius 1 is 1.47 bits per heavy atom. The highest BCUT2D eigenvalue weighted by atomic mass is 16.6. The first-order valence-electron chi connectivity index (χ1n) is 5.90. The number of ether oxygens (including phenoxy) is 1. The van der Waals surface area contributed by atoms with E-state index in [2.05, 4.69) is 14.4 Å². The minimum Gasteiger partial charge on any atom is -0.453 e. The predicted octanol–water partition coefficient (Wildman–Crippen LogP) is 1.57. The molecule has 0 saturated heterocycles. The highest BCUT2D eigenvalue weighted by molar-refractivity contribution is 5.86. The fourth-order valence-corrected chi connectivity index (χ4v) is 1.55. The molecular formula is C12H14N2O5. The van der Waals surface area contributed by atoms with Crippen molar-refractivity contribution in [2.45, 2.75) is 33.3 Å². The molecule has 0 bridgehead atoms. The van der Waals surface area contributed by atoms with E-state index in [1.54, 1.807) is 6.92 Å². The predicted molar refractivity (Wildman–Crippen MR) is 63.7 cm³/mol. The van der Waals surface area contributed by atoms with E-state index in [-0.39, 0.29) is 18.1 Å². The molecule has 0 spiro atoms. The van der Waals surface area contributed by atoms with Gasteiger partial charge in [-0.3, -0.25) is 0 Å². The molecule has 1 N–H and O–H groups in total. The number of nitrogens with zero attached hydrogens (tertiary/aromatic N) is 1. The Morgan fingerprint density at radius 2 is 2.26 bits per heavy atom. The number of aromatic amines is 1. The fourth-order valence-electron chi connectivity index (χ4n) is 1.55. The summed E-state index contributed by atoms with van der Waals surface area (Å²) in [6, 6.07) is 0. The number of aryl methyl sites for hydroxylation is 2. The standard InChI is InChI=1S/C12H14N2O5/c1-3-4-10-13-5-8(14-10)11(15)17-6-9-7(2)18-12(16)19-9/h5H,3-4,6H2,1-2H3,(H,13,14). The summed E-state index contributed by atoms with van der Waals surface area (Å²) in [5.74, 6) is -0.130. The van der Waals surface area contributed by atoms with Gasteiger partial charge in [0, 0.05) is 6.42 Å². The van der Waals surface area contributed by atoms with Crippen LogP contribution in [-0.2, 0) is 17.8 Å². The van der Waals surface area contributed by atoms with Gasteiger partial charge < -0.3 is 18.6 Å². The second-order valence-electron chi connectivity index (χ2n) is 4.00. The second kappa shape index (κ2) is 5.55. The maximum atomic E-state index is 11.7. The van der Waals surface area contributed by atoms with E-state index in [9.17, 15) is 9.59 Å². The first kappa shape index (κ1) is 13.1. The number of H-pyrrole nitrogens is 1. The molecule has 0 atom stereocenters. The number of imidazole rings is 1. The molecule has 102 valence electrons. The Kier molecular flexibility index (Phi) is 3.84. The van der Waals surface area contributed by atoms with Gasteiger partial charge >= 0.3 is 11.8 Å². The van der Waals surface area contributed by atoms with Crippen molar-refractivity contribution in [3.8, 4) is 0 Å². The first-order chi connectivity index (χ1) is 9.10. The largest absolute Gasteiger partial charge is 0.519 e. The van der Waals surface area contributed by atoms with Gasteiger partial charge in [0.15, 0.2) is 18.1 Å². The lowest BCUT2D eigenvalue weighted by Gasteiger charge is -2.00. The van der Waals surface area contributed by atoms with E-state index in [0.29, 0.717) is 5.76 Å². The van der Waals surface area contributed by atoms with Crippen LogP contribution in [0.3, 0.4) is 0 Å². The molecule has 7 nitrogen and oxygen atoms in total. The van der Waals surface area contributed by atoms with Crippen LogP contribution in [0.2, 0.25) is 0 Å². The summed E-state index contributed by atoms with van der Waals surface area (Å²) in [6.07, 6.45) is 3.12. The maximum absolute atomic E-state index is 11.7. The Morgan fingerprint density at radius 3 is 2.89 bits per heavy atom. The summed E-state index contributed by atoms with van der Waals surface area (Å²) in [5, 5.41) is 0. The number of rotatable bonds is 5. The topological polar surface area (TPSA) is 98.3 Å². The van der Waals surface area contributed by atoms with Crippen LogP contribution in [0.4, 0.5) is 0 Å². The van der Waals surface area contributed by atoms with Crippen LogP contribution in [-0.4, -0.2) is 15.9 Å². The zero-order valence-corrected chi connectivity index (χ0v) is 10.7. The third-order valence-electron chi connectivity index (χ3n) is 2.51. The quantitative estimate of drug-likeness (QED) is 0.825. The van der Waals surface area contributed by atoms with Crippen LogP contribution >= 0.6 is 0 Å². The van der Waals surface area contributed by atoms with Crippen molar-refractivity contribution < 1.29 is 18.4 Å². The van der Waals surface area contributed by atoms with Gasteiger partial charge in [0.2, 0.25) is 0 Å². The minimum atomic E-state index is -0.810. The van der Waals surface area contributed by atoms with E-state index >= 15 is 0 Å². The van der Waals surface area contributed by atoms with Gasteiger partial charge in [-0.05, 0) is 13.3 Å². The van der Waals surface area contributed by atoms with Crippen molar-refractivity contribution in [3.05, 3.63) is 39.9 Å². The van der Waals surface area contributed by atoms with Crippen molar-refractivity contribution in [3.63, 3.8) is 0 Å². The van der Waals surface area contributed by atoms with E-state index in [0.717, 1.165) is 18.7 Å². The highest BCUT2D eigenvalue weighted by Crippen LogP contribution is 2.08. The minimum absolute atomic E-state index is 0.154. The lowest BCUT2D eigenvalue weighted by atomic mass is 10.3. The van der Waals surface area contributed by atoms with Gasteiger partial charge in [-0.15, -0.1) is 0 Å². The number of aromatic nitrogens is 2. The van der Waals surface area contributed by atoms with Crippen molar-refractivity contribution in [1.29, 1.82) is 0 Å². The summed E-state index contributed by atoms with van der Waals surface area (Å²) in [7, 11) is 0. The van der Waals surface area contributed by atoms with Gasteiger partial charge in [-0.1, -0.05) is 6.92 Å². The third kappa shape index (κ3) is 3.12. The molecule has 19 heavy (non-hydrogen) atoms. The molecule has 0 aromatic carbocycles. The third-order valence-corrected chi connectivity index (χ3v) is 2.51. The van der Waals surface area contributed by atoms with E-state index in [4.69, 9.17) is 9.15 Å². The number of carbonyl (C=O) groups excluding carboxylic acids is 1. The van der Waals surface area contributed by atoms with Gasteiger partial charge in [0.05, 0.1) is 6.20 Å². The molecular weight excluding hydrogens is 252 g/mol. The van der Waals surface area contributed by atoms with Crippen LogP contribution < -0.4 is 5.82 Å².